The minimum Gasteiger partial charge on any atom is -0.367 e. The molecule has 0 spiro atoms. The topological polar surface area (TPSA) is 140 Å². The summed E-state index contributed by atoms with van der Waals surface area (Å²) in [4.78, 5) is 73.5. The Balaban J connectivity index is 1.39. The number of anilines is 1. The largest absolute Gasteiger partial charge is 0.367 e. The van der Waals surface area contributed by atoms with E-state index in [1.807, 2.05) is 0 Å². The van der Waals surface area contributed by atoms with Crippen LogP contribution in [0.25, 0.3) is 10.2 Å². The predicted octanol–water partition coefficient (Wildman–Crippen LogP) is 8.31. The van der Waals surface area contributed by atoms with E-state index in [0.29, 0.717) is 27.2 Å². The van der Waals surface area contributed by atoms with Crippen molar-refractivity contribution in [2.45, 2.75) is 123 Å². The van der Waals surface area contributed by atoms with E-state index in [9.17, 15) is 24.0 Å². The second-order valence-corrected chi connectivity index (χ2v) is 14.9. The number of thiazole rings is 1. The Kier molecular flexibility index (Phi) is 12.7. The van der Waals surface area contributed by atoms with E-state index < -0.39 is 34.5 Å². The number of ketones is 1. The lowest BCUT2D eigenvalue weighted by Gasteiger charge is -2.38. The van der Waals surface area contributed by atoms with Crippen LogP contribution in [0.3, 0.4) is 0 Å². The van der Waals surface area contributed by atoms with Gasteiger partial charge in [-0.05, 0) is 36.8 Å². The van der Waals surface area contributed by atoms with Crippen LogP contribution >= 0.6 is 11.3 Å². The molecular weight excluding hydrogens is 625 g/mol. The summed E-state index contributed by atoms with van der Waals surface area (Å²) in [5, 5.41) is 2.79. The molecule has 9 nitrogen and oxygen atoms in total. The summed E-state index contributed by atoms with van der Waals surface area (Å²) in [6.45, 7) is 7.04. The Hall–Kier alpha value is -3.92. The smallest absolute Gasteiger partial charge is 0.263 e. The van der Waals surface area contributed by atoms with Crippen LogP contribution in [0.15, 0.2) is 42.5 Å². The van der Waals surface area contributed by atoms with Gasteiger partial charge in [0.1, 0.15) is 5.01 Å². The highest BCUT2D eigenvalue weighted by molar-refractivity contribution is 7.19. The van der Waals surface area contributed by atoms with E-state index in [2.05, 4.69) is 17.2 Å². The third-order valence-electron chi connectivity index (χ3n) is 8.98. The lowest BCUT2D eigenvalue weighted by molar-refractivity contribution is -0.146. The number of nitrogens with two attached hydrogens (primary N) is 1. The number of Topliss-reactive ketones (excluding diaryl/α,β-unsaturated/α-hetero) is 1. The lowest BCUT2D eigenvalue weighted by Crippen LogP contribution is -2.64. The van der Waals surface area contributed by atoms with Gasteiger partial charge in [-0.25, -0.2) is 9.88 Å². The van der Waals surface area contributed by atoms with Crippen LogP contribution in [0.4, 0.5) is 5.69 Å². The highest BCUT2D eigenvalue weighted by atomic mass is 32.1. The SMILES string of the molecule is CCCCCCCCCCCCCCCC(=O)Nc1ccc2c(c1)C(=O)N(C(C(N)=O)(C(=O)C(C)(C)C)c1nc3ccccc3s1)C2=O. The predicted molar refractivity (Wildman–Crippen MR) is 191 cm³/mol. The number of nitrogens with zero attached hydrogens (tertiary/aromatic N) is 2. The number of carbonyl (C=O) groups excluding carboxylic acids is 5. The molecule has 2 aromatic carbocycles. The van der Waals surface area contributed by atoms with Gasteiger partial charge in [0, 0.05) is 17.5 Å². The number of unbranched alkanes of at least 4 members (excludes halogenated alkanes) is 12. The minimum atomic E-state index is -2.47. The number of benzene rings is 2. The fraction of sp³-hybridized carbons (Fsp3) is 0.526. The van der Waals surface area contributed by atoms with E-state index in [-0.39, 0.29) is 22.0 Å². The molecule has 3 aromatic rings. The van der Waals surface area contributed by atoms with E-state index in [1.165, 1.54) is 76.3 Å². The van der Waals surface area contributed by atoms with Crippen LogP contribution in [0, 0.1) is 5.41 Å². The molecule has 3 N–H and O–H groups in total. The van der Waals surface area contributed by atoms with Gasteiger partial charge < -0.3 is 11.1 Å². The number of aromatic nitrogens is 1. The second kappa shape index (κ2) is 16.5. The molecule has 0 aliphatic carbocycles. The molecule has 0 fully saturated rings. The molecule has 0 radical (unpaired) electrons. The normalized spacial score (nSPS) is 14.3. The zero-order chi connectivity index (χ0) is 34.9. The highest BCUT2D eigenvalue weighted by Crippen LogP contribution is 2.44. The molecule has 0 saturated carbocycles. The molecule has 0 bridgehead atoms. The van der Waals surface area contributed by atoms with Gasteiger partial charge in [0.25, 0.3) is 17.7 Å². The van der Waals surface area contributed by atoms with E-state index in [0.717, 1.165) is 30.6 Å². The van der Waals surface area contributed by atoms with Crippen LogP contribution in [0.1, 0.15) is 143 Å². The maximum Gasteiger partial charge on any atom is 0.263 e. The summed E-state index contributed by atoms with van der Waals surface area (Å²) < 4.78 is 0.671. The second-order valence-electron chi connectivity index (χ2n) is 13.9. The van der Waals surface area contributed by atoms with Crippen LogP contribution < -0.4 is 11.1 Å². The molecule has 1 aliphatic heterocycles. The first-order chi connectivity index (χ1) is 22.9. The van der Waals surface area contributed by atoms with Crippen molar-refractivity contribution in [1.29, 1.82) is 0 Å². The number of carbonyl (C=O) groups is 5. The molecule has 4 amide bonds. The van der Waals surface area contributed by atoms with Gasteiger partial charge >= 0.3 is 0 Å². The highest BCUT2D eigenvalue weighted by Gasteiger charge is 2.62. The molecule has 1 unspecified atom stereocenters. The number of fused-ring (bicyclic) bond motifs is 2. The van der Waals surface area contributed by atoms with Crippen molar-refractivity contribution in [2.75, 3.05) is 5.32 Å². The summed E-state index contributed by atoms with van der Waals surface area (Å²) in [5.74, 6) is -3.74. The van der Waals surface area contributed by atoms with E-state index in [1.54, 1.807) is 51.1 Å². The fourth-order valence-corrected chi connectivity index (χ4v) is 7.49. The quantitative estimate of drug-likeness (QED) is 0.0745. The van der Waals surface area contributed by atoms with Crippen molar-refractivity contribution in [3.8, 4) is 0 Å². The van der Waals surface area contributed by atoms with Gasteiger partial charge in [-0.1, -0.05) is 117 Å². The molecule has 1 atom stereocenters. The van der Waals surface area contributed by atoms with Crippen molar-refractivity contribution >= 4 is 56.7 Å². The monoisotopic (exact) mass is 674 g/mol. The first kappa shape index (κ1) is 36.9. The Bertz CT molecular complexity index is 1610. The average molecular weight is 675 g/mol. The average Bonchev–Trinajstić information content (AvgIpc) is 3.58. The lowest BCUT2D eigenvalue weighted by atomic mass is 9.76. The summed E-state index contributed by atoms with van der Waals surface area (Å²) in [7, 11) is 0. The first-order valence-corrected chi connectivity index (χ1v) is 18.3. The summed E-state index contributed by atoms with van der Waals surface area (Å²) in [6.07, 6.45) is 16.2. The Morgan fingerprint density at radius 1 is 0.792 bits per heavy atom. The maximum atomic E-state index is 14.2. The van der Waals surface area contributed by atoms with Gasteiger partial charge in [-0.3, -0.25) is 24.0 Å². The molecule has 4 rings (SSSR count). The standard InChI is InChI=1S/C38H50N4O5S/c1-5-6-7-8-9-10-11-12-13-14-15-16-17-22-31(43)40-26-23-24-27-28(25-26)33(45)42(32(27)44)38(35(39)47,34(46)37(2,3)4)36-41-29-20-18-19-21-30(29)48-36/h18-21,23-25H,5-17,22H2,1-4H3,(H2,39,47)(H,40,43). The number of imide groups is 1. The van der Waals surface area contributed by atoms with Gasteiger partial charge in [0.15, 0.2) is 5.78 Å². The zero-order valence-electron chi connectivity index (χ0n) is 28.9. The maximum absolute atomic E-state index is 14.2. The molecule has 1 aromatic heterocycles. The van der Waals surface area contributed by atoms with Gasteiger partial charge in [0.05, 0.1) is 21.3 Å². The first-order valence-electron chi connectivity index (χ1n) is 17.5. The molecule has 10 heteroatoms. The number of hydrogen-bond acceptors (Lipinski definition) is 7. The van der Waals surface area contributed by atoms with E-state index >= 15 is 0 Å². The van der Waals surface area contributed by atoms with Gasteiger partial charge in [-0.2, -0.15) is 0 Å². The number of nitrogens with one attached hydrogen (secondary N) is 1. The summed E-state index contributed by atoms with van der Waals surface area (Å²) in [6, 6.07) is 11.4. The number of para-hydroxylation sites is 1. The van der Waals surface area contributed by atoms with Gasteiger partial charge in [0.2, 0.25) is 11.4 Å². The molecule has 0 saturated heterocycles. The van der Waals surface area contributed by atoms with Crippen molar-refractivity contribution in [3.05, 3.63) is 58.6 Å². The van der Waals surface area contributed by atoms with Crippen LogP contribution in [-0.2, 0) is 19.9 Å². The third-order valence-corrected chi connectivity index (χ3v) is 10.1. The van der Waals surface area contributed by atoms with Crippen LogP contribution in [0.5, 0.6) is 0 Å². The van der Waals surface area contributed by atoms with Crippen LogP contribution in [-0.4, -0.2) is 39.3 Å². The minimum absolute atomic E-state index is 0.0166. The molecule has 2 heterocycles. The van der Waals surface area contributed by atoms with Crippen molar-refractivity contribution in [2.24, 2.45) is 11.1 Å². The summed E-state index contributed by atoms with van der Waals surface area (Å²) >= 11 is 1.04. The number of amides is 4. The fourth-order valence-electron chi connectivity index (χ4n) is 6.34. The Labute approximate surface area is 288 Å². The van der Waals surface area contributed by atoms with Crippen molar-refractivity contribution in [1.82, 2.24) is 9.88 Å². The third kappa shape index (κ3) is 8.20. The van der Waals surface area contributed by atoms with Crippen LogP contribution in [0.2, 0.25) is 0 Å². The molecule has 48 heavy (non-hydrogen) atoms. The number of hydrogen-bond donors (Lipinski definition) is 2. The molecular formula is C38H50N4O5S. The van der Waals surface area contributed by atoms with Crippen molar-refractivity contribution in [3.63, 3.8) is 0 Å². The van der Waals surface area contributed by atoms with Crippen molar-refractivity contribution < 1.29 is 24.0 Å². The Morgan fingerprint density at radius 3 is 1.92 bits per heavy atom. The molecule has 258 valence electrons. The Morgan fingerprint density at radius 2 is 1.35 bits per heavy atom. The number of rotatable bonds is 19. The summed E-state index contributed by atoms with van der Waals surface area (Å²) in [5.41, 5.74) is 3.20. The van der Waals surface area contributed by atoms with E-state index in [4.69, 9.17) is 5.73 Å². The van der Waals surface area contributed by atoms with Gasteiger partial charge in [-0.15, -0.1) is 11.3 Å². The number of primary amides is 1. The zero-order valence-corrected chi connectivity index (χ0v) is 29.7. The molecule has 1 aliphatic rings.